The SMILES string of the molecule is CC/C=C/n1c(Cl)nc(C=O)c1C(=O)OC. The van der Waals surface area contributed by atoms with Gasteiger partial charge in [0.2, 0.25) is 5.28 Å². The Morgan fingerprint density at radius 3 is 2.81 bits per heavy atom. The van der Waals surface area contributed by atoms with Crippen LogP contribution in [-0.2, 0) is 4.74 Å². The van der Waals surface area contributed by atoms with Crippen LogP contribution in [0.5, 0.6) is 0 Å². The summed E-state index contributed by atoms with van der Waals surface area (Å²) in [6.45, 7) is 1.93. The molecule has 16 heavy (non-hydrogen) atoms. The zero-order chi connectivity index (χ0) is 12.1. The summed E-state index contributed by atoms with van der Waals surface area (Å²) in [5.74, 6) is -0.651. The van der Waals surface area contributed by atoms with Gasteiger partial charge in [-0.1, -0.05) is 13.0 Å². The molecule has 86 valence electrons. The van der Waals surface area contributed by atoms with Crippen LogP contribution in [0.4, 0.5) is 0 Å². The summed E-state index contributed by atoms with van der Waals surface area (Å²) in [5.41, 5.74) is 0.00445. The van der Waals surface area contributed by atoms with E-state index in [1.807, 2.05) is 6.92 Å². The molecule has 0 atom stereocenters. The Bertz CT molecular complexity index is 438. The quantitative estimate of drug-likeness (QED) is 0.599. The molecule has 1 aromatic heterocycles. The first-order valence-corrected chi connectivity index (χ1v) is 5.01. The van der Waals surface area contributed by atoms with E-state index in [4.69, 9.17) is 11.6 Å². The van der Waals surface area contributed by atoms with Crippen molar-refractivity contribution in [2.45, 2.75) is 13.3 Å². The second-order valence-corrected chi connectivity index (χ2v) is 3.23. The number of hydrogen-bond donors (Lipinski definition) is 0. The van der Waals surface area contributed by atoms with E-state index in [-0.39, 0.29) is 16.7 Å². The van der Waals surface area contributed by atoms with Gasteiger partial charge in [-0.3, -0.25) is 9.36 Å². The fourth-order valence-electron chi connectivity index (χ4n) is 1.15. The third-order valence-corrected chi connectivity index (χ3v) is 2.14. The number of rotatable bonds is 4. The molecule has 0 bridgehead atoms. The average Bonchev–Trinajstić information content (AvgIpc) is 2.62. The zero-order valence-corrected chi connectivity index (χ0v) is 9.69. The van der Waals surface area contributed by atoms with E-state index in [9.17, 15) is 9.59 Å². The second kappa shape index (κ2) is 5.46. The minimum absolute atomic E-state index is 0.0300. The molecule has 1 rings (SSSR count). The first-order valence-electron chi connectivity index (χ1n) is 4.63. The molecule has 5 nitrogen and oxygen atoms in total. The predicted octanol–water partition coefficient (Wildman–Crippen LogP) is 2.02. The Hall–Kier alpha value is -1.62. The van der Waals surface area contributed by atoms with Crippen LogP contribution >= 0.6 is 11.6 Å². The number of aldehydes is 1. The maximum atomic E-state index is 11.5. The third-order valence-electron chi connectivity index (χ3n) is 1.88. The molecule has 1 heterocycles. The number of carbonyl (C=O) groups excluding carboxylic acids is 2. The number of hydrogen-bond acceptors (Lipinski definition) is 4. The number of ether oxygens (including phenoxy) is 1. The molecular weight excluding hydrogens is 232 g/mol. The van der Waals surface area contributed by atoms with Crippen LogP contribution in [0.25, 0.3) is 6.20 Å². The van der Waals surface area contributed by atoms with E-state index in [1.54, 1.807) is 12.3 Å². The van der Waals surface area contributed by atoms with Gasteiger partial charge in [0.1, 0.15) is 5.69 Å². The highest BCUT2D eigenvalue weighted by Crippen LogP contribution is 2.17. The fraction of sp³-hybridized carbons (Fsp3) is 0.300. The van der Waals surface area contributed by atoms with Crippen LogP contribution in [0.2, 0.25) is 5.28 Å². The minimum atomic E-state index is -0.651. The van der Waals surface area contributed by atoms with Gasteiger partial charge in [0, 0.05) is 6.20 Å². The Kier molecular flexibility index (Phi) is 4.25. The average molecular weight is 243 g/mol. The van der Waals surface area contributed by atoms with Crippen molar-refractivity contribution in [1.29, 1.82) is 0 Å². The molecule has 0 radical (unpaired) electrons. The van der Waals surface area contributed by atoms with Gasteiger partial charge in [0.15, 0.2) is 12.0 Å². The molecule has 0 aliphatic carbocycles. The van der Waals surface area contributed by atoms with Crippen LogP contribution in [0.1, 0.15) is 34.3 Å². The summed E-state index contributed by atoms with van der Waals surface area (Å²) in [6, 6.07) is 0. The highest BCUT2D eigenvalue weighted by Gasteiger charge is 2.21. The molecule has 1 aromatic rings. The van der Waals surface area contributed by atoms with Crippen molar-refractivity contribution in [1.82, 2.24) is 9.55 Å². The molecule has 0 aliphatic heterocycles. The zero-order valence-electron chi connectivity index (χ0n) is 8.94. The Morgan fingerprint density at radius 2 is 2.31 bits per heavy atom. The standard InChI is InChI=1S/C10H11ClN2O3/c1-3-4-5-13-8(9(15)16-2)7(6-14)12-10(13)11/h4-6H,3H2,1-2H3/b5-4+. The van der Waals surface area contributed by atoms with Crippen molar-refractivity contribution in [3.05, 3.63) is 22.7 Å². The second-order valence-electron chi connectivity index (χ2n) is 2.89. The number of methoxy groups -OCH3 is 1. The van der Waals surface area contributed by atoms with Crippen LogP contribution in [0, 0.1) is 0 Å². The molecular formula is C10H11ClN2O3. The van der Waals surface area contributed by atoms with E-state index >= 15 is 0 Å². The van der Waals surface area contributed by atoms with Crippen LogP contribution in [-0.4, -0.2) is 28.9 Å². The number of allylic oxidation sites excluding steroid dienone is 1. The number of carbonyl (C=O) groups is 2. The van der Waals surface area contributed by atoms with Crippen LogP contribution < -0.4 is 0 Å². The summed E-state index contributed by atoms with van der Waals surface area (Å²) in [6.07, 6.45) is 4.60. The topological polar surface area (TPSA) is 61.2 Å². The maximum absolute atomic E-state index is 11.5. The number of halogens is 1. The lowest BCUT2D eigenvalue weighted by Crippen LogP contribution is -2.09. The highest BCUT2D eigenvalue weighted by atomic mass is 35.5. The molecule has 0 aliphatic rings. The van der Waals surface area contributed by atoms with E-state index in [1.165, 1.54) is 11.7 Å². The van der Waals surface area contributed by atoms with E-state index in [0.29, 0.717) is 6.29 Å². The molecule has 0 saturated heterocycles. The van der Waals surface area contributed by atoms with Crippen molar-refractivity contribution >= 4 is 30.1 Å². The van der Waals surface area contributed by atoms with Crippen molar-refractivity contribution in [2.75, 3.05) is 7.11 Å². The molecule has 0 fully saturated rings. The lowest BCUT2D eigenvalue weighted by molar-refractivity contribution is 0.0589. The van der Waals surface area contributed by atoms with Gasteiger partial charge >= 0.3 is 5.97 Å². The lowest BCUT2D eigenvalue weighted by atomic mass is 10.3. The summed E-state index contributed by atoms with van der Waals surface area (Å²) < 4.78 is 5.88. The summed E-state index contributed by atoms with van der Waals surface area (Å²) in [4.78, 5) is 25.9. The molecule has 0 saturated carbocycles. The number of esters is 1. The number of nitrogens with zero attached hydrogens (tertiary/aromatic N) is 2. The third kappa shape index (κ3) is 2.30. The minimum Gasteiger partial charge on any atom is -0.464 e. The smallest absolute Gasteiger partial charge is 0.357 e. The summed E-state index contributed by atoms with van der Waals surface area (Å²) in [7, 11) is 1.23. The van der Waals surface area contributed by atoms with Crippen molar-refractivity contribution < 1.29 is 14.3 Å². The van der Waals surface area contributed by atoms with Gasteiger partial charge in [0.05, 0.1) is 7.11 Å². The Labute approximate surface area is 97.7 Å². The number of imidazole rings is 1. The van der Waals surface area contributed by atoms with Crippen LogP contribution in [0.15, 0.2) is 6.08 Å². The molecule has 6 heteroatoms. The van der Waals surface area contributed by atoms with Crippen molar-refractivity contribution in [2.24, 2.45) is 0 Å². The first-order chi connectivity index (χ1) is 7.65. The molecule has 0 unspecified atom stereocenters. The number of aromatic nitrogens is 2. The van der Waals surface area contributed by atoms with Gasteiger partial charge in [0.25, 0.3) is 0 Å². The van der Waals surface area contributed by atoms with E-state index in [2.05, 4.69) is 9.72 Å². The fourth-order valence-corrected chi connectivity index (χ4v) is 1.38. The highest BCUT2D eigenvalue weighted by molar-refractivity contribution is 6.29. The molecule has 0 spiro atoms. The van der Waals surface area contributed by atoms with Gasteiger partial charge in [-0.2, -0.15) is 0 Å². The Morgan fingerprint density at radius 1 is 1.62 bits per heavy atom. The van der Waals surface area contributed by atoms with Crippen LogP contribution in [0.3, 0.4) is 0 Å². The van der Waals surface area contributed by atoms with E-state index in [0.717, 1.165) is 6.42 Å². The summed E-state index contributed by atoms with van der Waals surface area (Å²) >= 11 is 5.80. The summed E-state index contributed by atoms with van der Waals surface area (Å²) in [5, 5.41) is 0.0483. The Balaban J connectivity index is 3.33. The monoisotopic (exact) mass is 242 g/mol. The maximum Gasteiger partial charge on any atom is 0.357 e. The van der Waals surface area contributed by atoms with E-state index < -0.39 is 5.97 Å². The first kappa shape index (κ1) is 12.4. The molecule has 0 N–H and O–H groups in total. The van der Waals surface area contributed by atoms with Gasteiger partial charge in [-0.25, -0.2) is 9.78 Å². The van der Waals surface area contributed by atoms with Crippen molar-refractivity contribution in [3.8, 4) is 0 Å². The predicted molar refractivity (Wildman–Crippen MR) is 59.6 cm³/mol. The molecule has 0 amide bonds. The van der Waals surface area contributed by atoms with Gasteiger partial charge in [-0.05, 0) is 18.0 Å². The van der Waals surface area contributed by atoms with Gasteiger partial charge < -0.3 is 4.74 Å². The van der Waals surface area contributed by atoms with Gasteiger partial charge in [-0.15, -0.1) is 0 Å². The largest absolute Gasteiger partial charge is 0.464 e. The van der Waals surface area contributed by atoms with Crippen molar-refractivity contribution in [3.63, 3.8) is 0 Å². The normalized spacial score (nSPS) is 10.7. The molecule has 0 aromatic carbocycles. The lowest BCUT2D eigenvalue weighted by Gasteiger charge is -2.02.